The molecule has 0 saturated carbocycles. The van der Waals surface area contributed by atoms with Crippen molar-refractivity contribution in [2.45, 2.75) is 25.8 Å². The van der Waals surface area contributed by atoms with Crippen molar-refractivity contribution in [2.75, 3.05) is 31.2 Å². The molecule has 0 aromatic carbocycles. The van der Waals surface area contributed by atoms with E-state index in [1.165, 1.54) is 0 Å². The zero-order valence-electron chi connectivity index (χ0n) is 14.2. The Morgan fingerprint density at radius 2 is 2.24 bits per heavy atom. The molecule has 2 aliphatic rings. The first kappa shape index (κ1) is 16.1. The molecule has 1 aliphatic heterocycles. The summed E-state index contributed by atoms with van der Waals surface area (Å²) in [6.07, 6.45) is 6.00. The fourth-order valence-electron chi connectivity index (χ4n) is 3.49. The number of aromatic nitrogens is 3. The van der Waals surface area contributed by atoms with Crippen LogP contribution in [0.4, 0.5) is 5.82 Å². The fourth-order valence-corrected chi connectivity index (χ4v) is 3.49. The number of rotatable bonds is 4. The largest absolute Gasteiger partial charge is 0.378 e. The predicted octanol–water partition coefficient (Wildman–Crippen LogP) is 1.06. The van der Waals surface area contributed by atoms with Crippen LogP contribution in [0.15, 0.2) is 24.7 Å². The van der Waals surface area contributed by atoms with Crippen LogP contribution in [0.5, 0.6) is 0 Å². The maximum absolute atomic E-state index is 12.5. The lowest BCUT2D eigenvalue weighted by molar-refractivity contribution is -0.125. The molecule has 0 spiro atoms. The number of carbonyl (C=O) groups is 1. The standard InChI is InChI=1S/C18H23N5O2/c24-18(14-1-2-15-16(10-14)22-12-21-15)20-11-13-3-4-19-17(9-13)23-5-7-25-8-6-23/h3-4,9,12,14H,1-2,5-8,10-11H2,(H,20,24)(H,21,22)/t14-/m0/s1. The molecule has 2 N–H and O–H groups in total. The molecule has 1 atom stereocenters. The van der Waals surface area contributed by atoms with E-state index < -0.39 is 0 Å². The van der Waals surface area contributed by atoms with Crippen LogP contribution in [-0.4, -0.2) is 47.2 Å². The van der Waals surface area contributed by atoms with E-state index in [2.05, 4.69) is 31.2 Å². The smallest absolute Gasteiger partial charge is 0.223 e. The van der Waals surface area contributed by atoms with Gasteiger partial charge in [-0.25, -0.2) is 9.97 Å². The number of nitrogens with zero attached hydrogens (tertiary/aromatic N) is 3. The molecule has 1 amide bonds. The van der Waals surface area contributed by atoms with Crippen molar-refractivity contribution in [3.8, 4) is 0 Å². The minimum Gasteiger partial charge on any atom is -0.378 e. The van der Waals surface area contributed by atoms with Gasteiger partial charge in [0.2, 0.25) is 5.91 Å². The summed E-state index contributed by atoms with van der Waals surface area (Å²) in [6.45, 7) is 3.72. The first-order chi connectivity index (χ1) is 12.3. The van der Waals surface area contributed by atoms with Crippen LogP contribution in [0, 0.1) is 5.92 Å². The van der Waals surface area contributed by atoms with E-state index in [0.717, 1.165) is 68.3 Å². The Bertz CT molecular complexity index is 739. The average molecular weight is 341 g/mol. The van der Waals surface area contributed by atoms with Gasteiger partial charge in [0.1, 0.15) is 5.82 Å². The third kappa shape index (κ3) is 3.66. The van der Waals surface area contributed by atoms with E-state index in [1.807, 2.05) is 12.3 Å². The summed E-state index contributed by atoms with van der Waals surface area (Å²) in [6, 6.07) is 4.01. The highest BCUT2D eigenvalue weighted by Crippen LogP contribution is 2.23. The Balaban J connectivity index is 1.34. The molecule has 0 bridgehead atoms. The first-order valence-electron chi connectivity index (χ1n) is 8.86. The van der Waals surface area contributed by atoms with Gasteiger partial charge in [-0.3, -0.25) is 4.79 Å². The molecule has 25 heavy (non-hydrogen) atoms. The summed E-state index contributed by atoms with van der Waals surface area (Å²) >= 11 is 0. The fraction of sp³-hybridized carbons (Fsp3) is 0.500. The molecule has 7 heteroatoms. The van der Waals surface area contributed by atoms with Gasteiger partial charge in [0.15, 0.2) is 0 Å². The van der Waals surface area contributed by atoms with Crippen LogP contribution in [0.2, 0.25) is 0 Å². The number of ether oxygens (including phenoxy) is 1. The van der Waals surface area contributed by atoms with E-state index in [-0.39, 0.29) is 11.8 Å². The van der Waals surface area contributed by atoms with E-state index in [9.17, 15) is 4.79 Å². The molecule has 2 aromatic rings. The molecule has 1 fully saturated rings. The number of imidazole rings is 1. The SMILES string of the molecule is O=C(NCc1ccnc(N2CCOCC2)c1)[C@H]1CCc2nc[nH]c2C1. The van der Waals surface area contributed by atoms with Gasteiger partial charge >= 0.3 is 0 Å². The van der Waals surface area contributed by atoms with Gasteiger partial charge in [0.25, 0.3) is 0 Å². The number of morpholine rings is 1. The van der Waals surface area contributed by atoms with Crippen LogP contribution in [0.1, 0.15) is 23.4 Å². The van der Waals surface area contributed by atoms with Crippen LogP contribution in [-0.2, 0) is 28.9 Å². The number of hydrogen-bond donors (Lipinski definition) is 2. The van der Waals surface area contributed by atoms with Gasteiger partial charge in [-0.05, 0) is 30.5 Å². The molecule has 1 saturated heterocycles. The van der Waals surface area contributed by atoms with Crippen LogP contribution in [0.3, 0.4) is 0 Å². The Hall–Kier alpha value is -2.41. The van der Waals surface area contributed by atoms with E-state index in [1.54, 1.807) is 6.33 Å². The van der Waals surface area contributed by atoms with Crippen LogP contribution >= 0.6 is 0 Å². The van der Waals surface area contributed by atoms with Crippen molar-refractivity contribution >= 4 is 11.7 Å². The van der Waals surface area contributed by atoms with Crippen molar-refractivity contribution in [1.29, 1.82) is 0 Å². The summed E-state index contributed by atoms with van der Waals surface area (Å²) in [5.41, 5.74) is 3.28. The third-order valence-electron chi connectivity index (χ3n) is 4.97. The number of carbonyl (C=O) groups excluding carboxylic acids is 1. The lowest BCUT2D eigenvalue weighted by Crippen LogP contribution is -2.37. The normalized spacial score (nSPS) is 20.2. The van der Waals surface area contributed by atoms with Gasteiger partial charge in [-0.2, -0.15) is 0 Å². The lowest BCUT2D eigenvalue weighted by Gasteiger charge is -2.28. The zero-order valence-corrected chi connectivity index (χ0v) is 14.2. The number of fused-ring (bicyclic) bond motifs is 1. The van der Waals surface area contributed by atoms with E-state index in [4.69, 9.17) is 4.74 Å². The van der Waals surface area contributed by atoms with Crippen LogP contribution < -0.4 is 10.2 Å². The van der Waals surface area contributed by atoms with Crippen molar-refractivity contribution in [3.63, 3.8) is 0 Å². The summed E-state index contributed by atoms with van der Waals surface area (Å²) in [4.78, 5) is 26.6. The number of amides is 1. The Morgan fingerprint density at radius 1 is 1.36 bits per heavy atom. The highest BCUT2D eigenvalue weighted by molar-refractivity contribution is 5.79. The second-order valence-electron chi connectivity index (χ2n) is 6.61. The van der Waals surface area contributed by atoms with Gasteiger partial charge in [-0.15, -0.1) is 0 Å². The highest BCUT2D eigenvalue weighted by Gasteiger charge is 2.26. The number of aryl methyl sites for hydroxylation is 1. The van der Waals surface area contributed by atoms with E-state index >= 15 is 0 Å². The summed E-state index contributed by atoms with van der Waals surface area (Å²) in [5, 5.41) is 3.08. The number of nitrogens with one attached hydrogen (secondary N) is 2. The Morgan fingerprint density at radius 3 is 3.12 bits per heavy atom. The summed E-state index contributed by atoms with van der Waals surface area (Å²) in [5.74, 6) is 1.09. The average Bonchev–Trinajstić information content (AvgIpc) is 3.15. The van der Waals surface area contributed by atoms with Crippen molar-refractivity contribution in [2.24, 2.45) is 5.92 Å². The maximum atomic E-state index is 12.5. The first-order valence-corrected chi connectivity index (χ1v) is 8.86. The van der Waals surface area contributed by atoms with Crippen molar-refractivity contribution in [1.82, 2.24) is 20.3 Å². The Kier molecular flexibility index (Phi) is 4.65. The highest BCUT2D eigenvalue weighted by atomic mass is 16.5. The lowest BCUT2D eigenvalue weighted by atomic mass is 9.89. The third-order valence-corrected chi connectivity index (χ3v) is 4.97. The van der Waals surface area contributed by atoms with Crippen molar-refractivity contribution in [3.05, 3.63) is 41.6 Å². The monoisotopic (exact) mass is 341 g/mol. The molecule has 7 nitrogen and oxygen atoms in total. The van der Waals surface area contributed by atoms with Gasteiger partial charge in [-0.1, -0.05) is 0 Å². The quantitative estimate of drug-likeness (QED) is 0.869. The number of H-pyrrole nitrogens is 1. The maximum Gasteiger partial charge on any atom is 0.223 e. The van der Waals surface area contributed by atoms with E-state index in [0.29, 0.717) is 6.54 Å². The number of aromatic amines is 1. The minimum absolute atomic E-state index is 0.0218. The summed E-state index contributed by atoms with van der Waals surface area (Å²) in [7, 11) is 0. The molecule has 132 valence electrons. The molecular weight excluding hydrogens is 318 g/mol. The molecule has 0 radical (unpaired) electrons. The number of hydrogen-bond acceptors (Lipinski definition) is 5. The molecule has 0 unspecified atom stereocenters. The molecule has 2 aromatic heterocycles. The van der Waals surface area contributed by atoms with Gasteiger partial charge in [0.05, 0.1) is 25.2 Å². The Labute approximate surface area is 146 Å². The second-order valence-corrected chi connectivity index (χ2v) is 6.61. The molecule has 3 heterocycles. The molecule has 1 aliphatic carbocycles. The zero-order chi connectivity index (χ0) is 17.1. The minimum atomic E-state index is 0.0218. The second kappa shape index (κ2) is 7.23. The van der Waals surface area contributed by atoms with Crippen molar-refractivity contribution < 1.29 is 9.53 Å². The number of pyridine rings is 1. The van der Waals surface area contributed by atoms with Gasteiger partial charge < -0.3 is 19.9 Å². The number of anilines is 1. The molecular formula is C18H23N5O2. The summed E-state index contributed by atoms with van der Waals surface area (Å²) < 4.78 is 5.38. The topological polar surface area (TPSA) is 83.1 Å². The van der Waals surface area contributed by atoms with Crippen LogP contribution in [0.25, 0.3) is 0 Å². The molecule has 4 rings (SSSR count). The van der Waals surface area contributed by atoms with Gasteiger partial charge in [0, 0.05) is 43.9 Å². The predicted molar refractivity (Wildman–Crippen MR) is 93.2 cm³/mol.